The lowest BCUT2D eigenvalue weighted by atomic mass is 10.0. The number of hydrogen-bond donors (Lipinski definition) is 2. The van der Waals surface area contributed by atoms with Crippen LogP contribution in [0.4, 0.5) is 5.69 Å². The number of rotatable bonds is 3. The quantitative estimate of drug-likeness (QED) is 0.909. The summed E-state index contributed by atoms with van der Waals surface area (Å²) >= 11 is 1.37. The second kappa shape index (κ2) is 6.93. The standard InChI is InChI=1S/C17H19N3O2S/c18-12-7-9-20(10-8-12)17(22)13-4-1-2-5-14(13)19-16(21)15-6-3-11-23-15/h1-6,11-12H,7-10,18H2,(H,19,21). The van der Waals surface area contributed by atoms with Crippen LogP contribution in [-0.4, -0.2) is 35.8 Å². The molecule has 1 saturated heterocycles. The molecular weight excluding hydrogens is 310 g/mol. The summed E-state index contributed by atoms with van der Waals surface area (Å²) in [5.74, 6) is -0.250. The monoisotopic (exact) mass is 329 g/mol. The van der Waals surface area contributed by atoms with Gasteiger partial charge in [0.25, 0.3) is 11.8 Å². The number of carbonyl (C=O) groups excluding carboxylic acids is 2. The van der Waals surface area contributed by atoms with Crippen molar-refractivity contribution in [2.24, 2.45) is 5.73 Å². The number of para-hydroxylation sites is 1. The molecule has 23 heavy (non-hydrogen) atoms. The number of amides is 2. The summed E-state index contributed by atoms with van der Waals surface area (Å²) in [6, 6.07) is 10.9. The summed E-state index contributed by atoms with van der Waals surface area (Å²) < 4.78 is 0. The maximum absolute atomic E-state index is 12.7. The fourth-order valence-corrected chi connectivity index (χ4v) is 3.26. The first-order valence-electron chi connectivity index (χ1n) is 7.64. The highest BCUT2D eigenvalue weighted by atomic mass is 32.1. The predicted molar refractivity (Wildman–Crippen MR) is 91.8 cm³/mol. The molecular formula is C17H19N3O2S. The largest absolute Gasteiger partial charge is 0.338 e. The number of nitrogens with zero attached hydrogens (tertiary/aromatic N) is 1. The van der Waals surface area contributed by atoms with Gasteiger partial charge < -0.3 is 16.0 Å². The van der Waals surface area contributed by atoms with Crippen LogP contribution in [0.5, 0.6) is 0 Å². The molecule has 0 saturated carbocycles. The second-order valence-corrected chi connectivity index (χ2v) is 6.55. The first kappa shape index (κ1) is 15.7. The number of anilines is 1. The summed E-state index contributed by atoms with van der Waals surface area (Å²) in [4.78, 5) is 27.4. The summed E-state index contributed by atoms with van der Waals surface area (Å²) in [6.45, 7) is 1.32. The van der Waals surface area contributed by atoms with Gasteiger partial charge in [0.15, 0.2) is 0 Å². The summed E-state index contributed by atoms with van der Waals surface area (Å²) in [5, 5.41) is 4.69. The third-order valence-corrected chi connectivity index (χ3v) is 4.85. The van der Waals surface area contributed by atoms with E-state index in [1.54, 1.807) is 23.1 Å². The van der Waals surface area contributed by atoms with Gasteiger partial charge in [-0.05, 0) is 36.4 Å². The zero-order valence-electron chi connectivity index (χ0n) is 12.7. The van der Waals surface area contributed by atoms with E-state index < -0.39 is 0 Å². The van der Waals surface area contributed by atoms with E-state index in [0.717, 1.165) is 12.8 Å². The minimum atomic E-state index is -0.194. The summed E-state index contributed by atoms with van der Waals surface area (Å²) in [7, 11) is 0. The SMILES string of the molecule is NC1CCN(C(=O)c2ccccc2NC(=O)c2cccs2)CC1. The van der Waals surface area contributed by atoms with Crippen LogP contribution in [0.1, 0.15) is 32.9 Å². The zero-order valence-corrected chi connectivity index (χ0v) is 13.5. The van der Waals surface area contributed by atoms with Crippen molar-refractivity contribution in [2.45, 2.75) is 18.9 Å². The van der Waals surface area contributed by atoms with E-state index in [9.17, 15) is 9.59 Å². The number of thiophene rings is 1. The number of likely N-dealkylation sites (tertiary alicyclic amines) is 1. The van der Waals surface area contributed by atoms with Crippen molar-refractivity contribution in [3.63, 3.8) is 0 Å². The van der Waals surface area contributed by atoms with E-state index >= 15 is 0 Å². The van der Waals surface area contributed by atoms with Crippen molar-refractivity contribution in [1.29, 1.82) is 0 Å². The van der Waals surface area contributed by atoms with Gasteiger partial charge in [0.2, 0.25) is 0 Å². The van der Waals surface area contributed by atoms with E-state index in [2.05, 4.69) is 5.32 Å². The molecule has 1 aliphatic rings. The molecule has 2 amide bonds. The lowest BCUT2D eigenvalue weighted by Crippen LogP contribution is -2.43. The average Bonchev–Trinajstić information content (AvgIpc) is 3.10. The van der Waals surface area contributed by atoms with Crippen LogP contribution >= 0.6 is 11.3 Å². The molecule has 1 aliphatic heterocycles. The molecule has 120 valence electrons. The third kappa shape index (κ3) is 3.60. The smallest absolute Gasteiger partial charge is 0.265 e. The Hall–Kier alpha value is -2.18. The van der Waals surface area contributed by atoms with Crippen molar-refractivity contribution < 1.29 is 9.59 Å². The molecule has 0 unspecified atom stereocenters. The maximum atomic E-state index is 12.7. The molecule has 5 nitrogen and oxygen atoms in total. The Morgan fingerprint density at radius 3 is 2.57 bits per heavy atom. The molecule has 1 aromatic carbocycles. The molecule has 6 heteroatoms. The van der Waals surface area contributed by atoms with Crippen LogP contribution in [0.3, 0.4) is 0 Å². The van der Waals surface area contributed by atoms with Crippen molar-refractivity contribution in [2.75, 3.05) is 18.4 Å². The maximum Gasteiger partial charge on any atom is 0.265 e. The Labute approximate surface area is 139 Å². The molecule has 3 rings (SSSR count). The minimum absolute atomic E-state index is 0.0565. The molecule has 0 atom stereocenters. The van der Waals surface area contributed by atoms with Crippen molar-refractivity contribution in [3.8, 4) is 0 Å². The van der Waals surface area contributed by atoms with Crippen molar-refractivity contribution >= 4 is 28.8 Å². The lowest BCUT2D eigenvalue weighted by Gasteiger charge is -2.30. The number of piperidine rings is 1. The molecule has 0 radical (unpaired) electrons. The highest BCUT2D eigenvalue weighted by Crippen LogP contribution is 2.21. The topological polar surface area (TPSA) is 75.4 Å². The Balaban J connectivity index is 1.77. The molecule has 0 bridgehead atoms. The second-order valence-electron chi connectivity index (χ2n) is 5.61. The highest BCUT2D eigenvalue weighted by Gasteiger charge is 2.23. The molecule has 1 fully saturated rings. The molecule has 0 spiro atoms. The van der Waals surface area contributed by atoms with Crippen LogP contribution < -0.4 is 11.1 Å². The van der Waals surface area contributed by atoms with E-state index in [4.69, 9.17) is 5.73 Å². The fraction of sp³-hybridized carbons (Fsp3) is 0.294. The zero-order chi connectivity index (χ0) is 16.2. The Morgan fingerprint density at radius 1 is 1.13 bits per heavy atom. The fourth-order valence-electron chi connectivity index (χ4n) is 2.64. The van der Waals surface area contributed by atoms with Gasteiger partial charge in [-0.15, -0.1) is 11.3 Å². The van der Waals surface area contributed by atoms with E-state index in [1.165, 1.54) is 11.3 Å². The number of benzene rings is 1. The van der Waals surface area contributed by atoms with Gasteiger partial charge in [-0.1, -0.05) is 18.2 Å². The van der Waals surface area contributed by atoms with Crippen molar-refractivity contribution in [1.82, 2.24) is 4.90 Å². The Morgan fingerprint density at radius 2 is 1.87 bits per heavy atom. The van der Waals surface area contributed by atoms with E-state index in [-0.39, 0.29) is 17.9 Å². The minimum Gasteiger partial charge on any atom is -0.338 e. The van der Waals surface area contributed by atoms with Gasteiger partial charge in [0.1, 0.15) is 0 Å². The van der Waals surface area contributed by atoms with E-state index in [1.807, 2.05) is 23.6 Å². The predicted octanol–water partition coefficient (Wildman–Crippen LogP) is 2.56. The molecule has 0 aliphatic carbocycles. The average molecular weight is 329 g/mol. The molecule has 1 aromatic heterocycles. The number of hydrogen-bond acceptors (Lipinski definition) is 4. The number of carbonyl (C=O) groups is 2. The first-order chi connectivity index (χ1) is 11.1. The normalized spacial score (nSPS) is 15.4. The lowest BCUT2D eigenvalue weighted by molar-refractivity contribution is 0.0716. The molecule has 3 N–H and O–H groups in total. The van der Waals surface area contributed by atoms with Gasteiger partial charge >= 0.3 is 0 Å². The first-order valence-corrected chi connectivity index (χ1v) is 8.52. The summed E-state index contributed by atoms with van der Waals surface area (Å²) in [6.07, 6.45) is 1.63. The van der Waals surface area contributed by atoms with Crippen LogP contribution in [0, 0.1) is 0 Å². The van der Waals surface area contributed by atoms with Gasteiger partial charge in [0, 0.05) is 19.1 Å². The third-order valence-electron chi connectivity index (χ3n) is 3.98. The number of nitrogens with one attached hydrogen (secondary N) is 1. The van der Waals surface area contributed by atoms with Crippen molar-refractivity contribution in [3.05, 3.63) is 52.2 Å². The Kier molecular flexibility index (Phi) is 4.73. The van der Waals surface area contributed by atoms with Crippen LogP contribution in [-0.2, 0) is 0 Å². The number of nitrogens with two attached hydrogens (primary N) is 1. The highest BCUT2D eigenvalue weighted by molar-refractivity contribution is 7.12. The molecule has 2 aromatic rings. The van der Waals surface area contributed by atoms with Gasteiger partial charge in [0.05, 0.1) is 16.1 Å². The van der Waals surface area contributed by atoms with Crippen LogP contribution in [0.2, 0.25) is 0 Å². The van der Waals surface area contributed by atoms with Crippen LogP contribution in [0.25, 0.3) is 0 Å². The van der Waals surface area contributed by atoms with Gasteiger partial charge in [-0.25, -0.2) is 0 Å². The molecule has 2 heterocycles. The van der Waals surface area contributed by atoms with E-state index in [0.29, 0.717) is 29.2 Å². The summed E-state index contributed by atoms with van der Waals surface area (Å²) in [5.41, 5.74) is 6.96. The van der Waals surface area contributed by atoms with Gasteiger partial charge in [-0.3, -0.25) is 9.59 Å². The van der Waals surface area contributed by atoms with Crippen LogP contribution in [0.15, 0.2) is 41.8 Å². The Bertz CT molecular complexity index is 692. The van der Waals surface area contributed by atoms with Gasteiger partial charge in [-0.2, -0.15) is 0 Å².